The number of aromatic nitrogens is 3. The van der Waals surface area contributed by atoms with Crippen LogP contribution in [0.15, 0.2) is 28.0 Å². The summed E-state index contributed by atoms with van der Waals surface area (Å²) in [4.78, 5) is 33.7. The van der Waals surface area contributed by atoms with Crippen LogP contribution in [0, 0.1) is 6.92 Å². The first kappa shape index (κ1) is 21.0. The summed E-state index contributed by atoms with van der Waals surface area (Å²) < 4.78 is 2.73. The number of nitrogens with one attached hydrogen (secondary N) is 1. The summed E-state index contributed by atoms with van der Waals surface area (Å²) in [6.07, 6.45) is 4.33. The predicted molar refractivity (Wildman–Crippen MR) is 121 cm³/mol. The molecule has 0 radical (unpaired) electrons. The zero-order valence-electron chi connectivity index (χ0n) is 16.8. The van der Waals surface area contributed by atoms with Crippen LogP contribution in [-0.2, 0) is 24.2 Å². The highest BCUT2D eigenvalue weighted by atomic mass is 32.2. The van der Waals surface area contributed by atoms with E-state index in [-0.39, 0.29) is 24.0 Å². The van der Waals surface area contributed by atoms with Crippen LogP contribution in [0.5, 0.6) is 0 Å². The van der Waals surface area contributed by atoms with Crippen molar-refractivity contribution in [3.63, 3.8) is 0 Å². The first-order valence-corrected chi connectivity index (χ1v) is 11.9. The van der Waals surface area contributed by atoms with Gasteiger partial charge in [-0.15, -0.1) is 0 Å². The molecule has 1 aromatic carbocycles. The van der Waals surface area contributed by atoms with Crippen LogP contribution >= 0.6 is 23.1 Å². The summed E-state index contributed by atoms with van der Waals surface area (Å²) in [7, 11) is 0. The van der Waals surface area contributed by atoms with Crippen LogP contribution in [0.3, 0.4) is 0 Å². The molecule has 0 atom stereocenters. The van der Waals surface area contributed by atoms with Gasteiger partial charge < -0.3 is 10.4 Å². The third kappa shape index (κ3) is 4.58. The quantitative estimate of drug-likeness (QED) is 0.429. The predicted octanol–water partition coefficient (Wildman–Crippen LogP) is 3.15. The van der Waals surface area contributed by atoms with Gasteiger partial charge in [-0.1, -0.05) is 29.2 Å². The van der Waals surface area contributed by atoms with Crippen LogP contribution in [0.4, 0.5) is 5.13 Å². The maximum Gasteiger partial charge on any atom is 0.348 e. The first-order valence-electron chi connectivity index (χ1n) is 10.1. The maximum atomic E-state index is 12.5. The number of thiazole rings is 1. The fraction of sp³-hybridized carbons (Fsp3) is 0.429. The summed E-state index contributed by atoms with van der Waals surface area (Å²) in [5.41, 5.74) is 3.82. The van der Waals surface area contributed by atoms with Crippen molar-refractivity contribution in [1.29, 1.82) is 0 Å². The minimum absolute atomic E-state index is 0.0449. The molecule has 30 heavy (non-hydrogen) atoms. The normalized spacial score (nSPS) is 13.4. The van der Waals surface area contributed by atoms with Gasteiger partial charge in [-0.2, -0.15) is 4.98 Å². The maximum absolute atomic E-state index is 12.5. The average Bonchev–Trinajstić information content (AvgIpc) is 3.12. The molecule has 1 amide bonds. The van der Waals surface area contributed by atoms with Crippen molar-refractivity contribution in [2.75, 3.05) is 17.7 Å². The largest absolute Gasteiger partial charge is 0.396 e. The molecule has 2 N–H and O–H groups in total. The molecule has 158 valence electrons. The van der Waals surface area contributed by atoms with Gasteiger partial charge in [0.2, 0.25) is 5.91 Å². The molecule has 0 unspecified atom stereocenters. The number of carbonyl (C=O) groups is 1. The number of aliphatic hydroxyl groups is 1. The molecule has 2 heterocycles. The van der Waals surface area contributed by atoms with Gasteiger partial charge in [-0.3, -0.25) is 9.36 Å². The number of aliphatic hydroxyl groups excluding tert-OH is 1. The minimum atomic E-state index is -0.298. The van der Waals surface area contributed by atoms with Crippen molar-refractivity contribution in [3.8, 4) is 0 Å². The van der Waals surface area contributed by atoms with Crippen molar-refractivity contribution in [2.24, 2.45) is 0 Å². The SMILES string of the molecule is Cc1ccc2nc(NC(=O)CSc3nc(=O)n(CCCO)c4c3CCCC4)sc2c1. The van der Waals surface area contributed by atoms with Crippen molar-refractivity contribution in [1.82, 2.24) is 14.5 Å². The van der Waals surface area contributed by atoms with Gasteiger partial charge in [-0.25, -0.2) is 9.78 Å². The first-order chi connectivity index (χ1) is 14.5. The van der Waals surface area contributed by atoms with Crippen LogP contribution < -0.4 is 11.0 Å². The van der Waals surface area contributed by atoms with E-state index in [1.165, 1.54) is 23.1 Å². The Bertz CT molecular complexity index is 1140. The lowest BCUT2D eigenvalue weighted by molar-refractivity contribution is -0.113. The Morgan fingerprint density at radius 3 is 2.97 bits per heavy atom. The standard InChI is InChI=1S/C21H24N4O3S2/c1-13-7-8-15-17(11-13)30-20(22-15)23-18(27)12-29-19-14-5-2-3-6-16(14)25(9-4-10-26)21(28)24-19/h7-8,11,26H,2-6,9-10,12H2,1H3,(H,22,23,27). The number of carbonyl (C=O) groups excluding carboxylic acids is 1. The molecule has 0 saturated carbocycles. The van der Waals surface area contributed by atoms with Gasteiger partial charge in [0, 0.05) is 24.4 Å². The highest BCUT2D eigenvalue weighted by Crippen LogP contribution is 2.30. The van der Waals surface area contributed by atoms with E-state index in [0.717, 1.165) is 52.7 Å². The average molecular weight is 445 g/mol. The van der Waals surface area contributed by atoms with Crippen molar-refractivity contribution < 1.29 is 9.90 Å². The van der Waals surface area contributed by atoms with E-state index in [4.69, 9.17) is 5.11 Å². The molecule has 0 saturated heterocycles. The van der Waals surface area contributed by atoms with Crippen LogP contribution in [0.1, 0.15) is 36.1 Å². The molecule has 0 bridgehead atoms. The third-order valence-corrected chi connectivity index (χ3v) is 7.07. The number of nitrogens with zero attached hydrogens (tertiary/aromatic N) is 3. The fourth-order valence-electron chi connectivity index (χ4n) is 3.70. The summed E-state index contributed by atoms with van der Waals surface area (Å²) in [6, 6.07) is 6.01. The summed E-state index contributed by atoms with van der Waals surface area (Å²) in [5, 5.41) is 13.2. The number of anilines is 1. The number of hydrogen-bond donors (Lipinski definition) is 2. The Kier molecular flexibility index (Phi) is 6.50. The molecule has 4 rings (SSSR count). The molecule has 0 spiro atoms. The highest BCUT2D eigenvalue weighted by molar-refractivity contribution is 8.00. The van der Waals surface area contributed by atoms with E-state index in [9.17, 15) is 9.59 Å². The monoisotopic (exact) mass is 444 g/mol. The molecule has 3 aromatic rings. The minimum Gasteiger partial charge on any atom is -0.396 e. The van der Waals surface area contributed by atoms with Gasteiger partial charge in [0.05, 0.1) is 16.0 Å². The Balaban J connectivity index is 1.47. The summed E-state index contributed by atoms with van der Waals surface area (Å²) in [6.45, 7) is 2.55. The van der Waals surface area contributed by atoms with Gasteiger partial charge in [-0.05, 0) is 56.7 Å². The lowest BCUT2D eigenvalue weighted by Crippen LogP contribution is -2.30. The Morgan fingerprint density at radius 1 is 1.30 bits per heavy atom. The molecular formula is C21H24N4O3S2. The van der Waals surface area contributed by atoms with E-state index >= 15 is 0 Å². The Hall–Kier alpha value is -2.23. The van der Waals surface area contributed by atoms with Crippen LogP contribution in [0.25, 0.3) is 10.2 Å². The Labute approximate surface area is 182 Å². The van der Waals surface area contributed by atoms with Crippen molar-refractivity contribution in [3.05, 3.63) is 45.5 Å². The smallest absolute Gasteiger partial charge is 0.348 e. The van der Waals surface area contributed by atoms with E-state index in [1.807, 2.05) is 19.1 Å². The molecular weight excluding hydrogens is 420 g/mol. The zero-order valence-corrected chi connectivity index (χ0v) is 18.4. The molecule has 2 aromatic heterocycles. The topological polar surface area (TPSA) is 97.1 Å². The molecule has 0 aliphatic heterocycles. The molecule has 9 heteroatoms. The van der Waals surface area contributed by atoms with Gasteiger partial charge >= 0.3 is 5.69 Å². The molecule has 1 aliphatic carbocycles. The van der Waals surface area contributed by atoms with Gasteiger partial charge in [0.15, 0.2) is 5.13 Å². The van der Waals surface area contributed by atoms with Gasteiger partial charge in [0.1, 0.15) is 5.03 Å². The second-order valence-electron chi connectivity index (χ2n) is 7.39. The van der Waals surface area contributed by atoms with E-state index in [2.05, 4.69) is 21.4 Å². The summed E-state index contributed by atoms with van der Waals surface area (Å²) in [5.74, 6) is 0.0145. The highest BCUT2D eigenvalue weighted by Gasteiger charge is 2.21. The number of thioether (sulfide) groups is 1. The van der Waals surface area contributed by atoms with E-state index < -0.39 is 0 Å². The Morgan fingerprint density at radius 2 is 2.13 bits per heavy atom. The fourth-order valence-corrected chi connectivity index (χ4v) is 5.56. The number of benzene rings is 1. The number of fused-ring (bicyclic) bond motifs is 2. The van der Waals surface area contributed by atoms with Crippen molar-refractivity contribution in [2.45, 2.75) is 50.6 Å². The number of hydrogen-bond acceptors (Lipinski definition) is 7. The zero-order chi connectivity index (χ0) is 21.1. The number of rotatable bonds is 7. The van der Waals surface area contributed by atoms with Crippen LogP contribution in [0.2, 0.25) is 0 Å². The lowest BCUT2D eigenvalue weighted by atomic mass is 9.97. The number of aryl methyl sites for hydroxylation is 1. The second-order valence-corrected chi connectivity index (χ2v) is 9.38. The molecule has 0 fully saturated rings. The second kappa shape index (κ2) is 9.28. The van der Waals surface area contributed by atoms with Crippen LogP contribution in [-0.4, -0.2) is 37.9 Å². The molecule has 7 nitrogen and oxygen atoms in total. The number of amides is 1. The van der Waals surface area contributed by atoms with E-state index in [1.54, 1.807) is 4.57 Å². The van der Waals surface area contributed by atoms with E-state index in [0.29, 0.717) is 23.1 Å². The molecule has 1 aliphatic rings. The van der Waals surface area contributed by atoms with Crippen molar-refractivity contribution >= 4 is 44.4 Å². The third-order valence-electron chi connectivity index (χ3n) is 5.12. The van der Waals surface area contributed by atoms with Gasteiger partial charge in [0.25, 0.3) is 0 Å². The summed E-state index contributed by atoms with van der Waals surface area (Å²) >= 11 is 2.76. The lowest BCUT2D eigenvalue weighted by Gasteiger charge is -2.22.